The van der Waals surface area contributed by atoms with Crippen LogP contribution in [0.2, 0.25) is 0 Å². The van der Waals surface area contributed by atoms with E-state index < -0.39 is 0 Å². The van der Waals surface area contributed by atoms with E-state index in [1.165, 1.54) is 0 Å². The van der Waals surface area contributed by atoms with Gasteiger partial charge in [0.2, 0.25) is 5.95 Å². The number of rotatable bonds is 3. The molecule has 6 nitrogen and oxygen atoms in total. The summed E-state index contributed by atoms with van der Waals surface area (Å²) in [7, 11) is 0. The Balaban J connectivity index is 2.41. The summed E-state index contributed by atoms with van der Waals surface area (Å²) in [5, 5.41) is 11.8. The van der Waals surface area contributed by atoms with Crippen molar-refractivity contribution in [1.29, 1.82) is 0 Å². The number of anilines is 1. The van der Waals surface area contributed by atoms with Crippen LogP contribution in [-0.4, -0.2) is 33.1 Å². The van der Waals surface area contributed by atoms with Crippen molar-refractivity contribution >= 4 is 11.8 Å². The fourth-order valence-corrected chi connectivity index (χ4v) is 2.68. The summed E-state index contributed by atoms with van der Waals surface area (Å²) in [6.07, 6.45) is 3.38. The second-order valence-corrected chi connectivity index (χ2v) is 5.08. The molecular formula is C13H21N5O. The van der Waals surface area contributed by atoms with Gasteiger partial charge < -0.3 is 15.8 Å². The Hall–Kier alpha value is -1.85. The van der Waals surface area contributed by atoms with Crippen LogP contribution in [0.3, 0.4) is 0 Å². The summed E-state index contributed by atoms with van der Waals surface area (Å²) in [4.78, 5) is 11.2. The van der Waals surface area contributed by atoms with Gasteiger partial charge in [-0.15, -0.1) is 0 Å². The lowest BCUT2D eigenvalue weighted by atomic mass is 10.2. The van der Waals surface area contributed by atoms with Gasteiger partial charge in [0.15, 0.2) is 5.84 Å². The number of hydrogen-bond donors (Lipinski definition) is 2. The molecule has 6 heteroatoms. The molecule has 0 bridgehead atoms. The zero-order valence-electron chi connectivity index (χ0n) is 11.7. The summed E-state index contributed by atoms with van der Waals surface area (Å²) in [5.74, 6) is 0.699. The number of nitrogens with zero attached hydrogens (tertiary/aromatic N) is 4. The zero-order chi connectivity index (χ0) is 14.0. The largest absolute Gasteiger partial charge is 0.409 e. The first-order valence-electron chi connectivity index (χ1n) is 6.68. The molecule has 0 radical (unpaired) electrons. The molecule has 2 atom stereocenters. The molecule has 0 amide bonds. The summed E-state index contributed by atoms with van der Waals surface area (Å²) >= 11 is 0. The molecule has 1 aromatic heterocycles. The fraction of sp³-hybridized carbons (Fsp3) is 0.615. The normalized spacial score (nSPS) is 23.9. The van der Waals surface area contributed by atoms with E-state index in [-0.39, 0.29) is 5.84 Å². The Morgan fingerprint density at radius 1 is 1.53 bits per heavy atom. The first-order chi connectivity index (χ1) is 9.06. The van der Waals surface area contributed by atoms with E-state index in [4.69, 9.17) is 10.9 Å². The van der Waals surface area contributed by atoms with Crippen molar-refractivity contribution in [3.63, 3.8) is 0 Å². The van der Waals surface area contributed by atoms with Crippen LogP contribution in [0.4, 0.5) is 5.95 Å². The number of oxime groups is 1. The second-order valence-electron chi connectivity index (χ2n) is 5.08. The molecule has 1 fully saturated rings. The van der Waals surface area contributed by atoms with Gasteiger partial charge in [0.25, 0.3) is 0 Å². The summed E-state index contributed by atoms with van der Waals surface area (Å²) in [6.45, 7) is 6.25. The minimum absolute atomic E-state index is 0.0200. The molecule has 1 aromatic rings. The molecule has 2 unspecified atom stereocenters. The van der Waals surface area contributed by atoms with Crippen molar-refractivity contribution in [2.75, 3.05) is 4.90 Å². The Morgan fingerprint density at radius 3 is 2.89 bits per heavy atom. The third-order valence-corrected chi connectivity index (χ3v) is 3.70. The van der Waals surface area contributed by atoms with Gasteiger partial charge in [-0.1, -0.05) is 12.1 Å². The minimum atomic E-state index is 0.0200. The first-order valence-corrected chi connectivity index (χ1v) is 6.68. The molecule has 1 aliphatic heterocycles. The summed E-state index contributed by atoms with van der Waals surface area (Å²) in [5.41, 5.74) is 6.91. The minimum Gasteiger partial charge on any atom is -0.409 e. The lowest BCUT2D eigenvalue weighted by Crippen LogP contribution is -2.36. The van der Waals surface area contributed by atoms with Gasteiger partial charge in [-0.05, 0) is 39.2 Å². The Morgan fingerprint density at radius 2 is 2.26 bits per heavy atom. The molecule has 104 valence electrons. The Kier molecular flexibility index (Phi) is 3.87. The Bertz CT molecular complexity index is 488. The molecule has 0 aliphatic carbocycles. The summed E-state index contributed by atoms with van der Waals surface area (Å²) < 4.78 is 0. The van der Waals surface area contributed by atoms with Crippen molar-refractivity contribution < 1.29 is 5.21 Å². The lowest BCUT2D eigenvalue weighted by Gasteiger charge is -2.28. The zero-order valence-corrected chi connectivity index (χ0v) is 11.7. The van der Waals surface area contributed by atoms with E-state index in [0.29, 0.717) is 23.7 Å². The van der Waals surface area contributed by atoms with Crippen molar-refractivity contribution in [2.45, 2.75) is 52.1 Å². The van der Waals surface area contributed by atoms with E-state index in [1.807, 2.05) is 6.92 Å². The van der Waals surface area contributed by atoms with Crippen LogP contribution in [0.1, 0.15) is 44.5 Å². The first kappa shape index (κ1) is 13.6. The van der Waals surface area contributed by atoms with Crippen LogP contribution in [0.15, 0.2) is 11.2 Å². The van der Waals surface area contributed by atoms with Crippen LogP contribution in [0.5, 0.6) is 0 Å². The topological polar surface area (TPSA) is 87.6 Å². The third kappa shape index (κ3) is 2.62. The van der Waals surface area contributed by atoms with Gasteiger partial charge in [0.05, 0.1) is 0 Å². The maximum absolute atomic E-state index is 8.77. The molecule has 1 saturated heterocycles. The molecule has 2 rings (SSSR count). The Labute approximate surface area is 113 Å². The van der Waals surface area contributed by atoms with E-state index >= 15 is 0 Å². The van der Waals surface area contributed by atoms with Crippen molar-refractivity contribution in [3.05, 3.63) is 17.5 Å². The van der Waals surface area contributed by atoms with Crippen LogP contribution in [-0.2, 0) is 0 Å². The van der Waals surface area contributed by atoms with Crippen LogP contribution < -0.4 is 10.6 Å². The predicted molar refractivity (Wildman–Crippen MR) is 74.5 cm³/mol. The average Bonchev–Trinajstić information content (AvgIpc) is 2.78. The van der Waals surface area contributed by atoms with Crippen molar-refractivity contribution in [3.8, 4) is 0 Å². The second kappa shape index (κ2) is 5.42. The van der Waals surface area contributed by atoms with Gasteiger partial charge in [0.1, 0.15) is 5.69 Å². The van der Waals surface area contributed by atoms with Crippen LogP contribution >= 0.6 is 0 Å². The lowest BCUT2D eigenvalue weighted by molar-refractivity contribution is 0.318. The maximum Gasteiger partial charge on any atom is 0.226 e. The van der Waals surface area contributed by atoms with Gasteiger partial charge in [-0.3, -0.25) is 0 Å². The third-order valence-electron chi connectivity index (χ3n) is 3.70. The highest BCUT2D eigenvalue weighted by atomic mass is 16.4. The highest BCUT2D eigenvalue weighted by Crippen LogP contribution is 2.29. The van der Waals surface area contributed by atoms with E-state index in [2.05, 4.69) is 33.9 Å². The SMILES string of the molecule is CCC1CCC(C)N1c1nc(C)cc(/C(N)=N/O)n1. The average molecular weight is 263 g/mol. The van der Waals surface area contributed by atoms with E-state index in [0.717, 1.165) is 25.0 Å². The van der Waals surface area contributed by atoms with Crippen molar-refractivity contribution in [1.82, 2.24) is 9.97 Å². The van der Waals surface area contributed by atoms with Crippen LogP contribution in [0.25, 0.3) is 0 Å². The van der Waals surface area contributed by atoms with E-state index in [9.17, 15) is 0 Å². The molecule has 0 spiro atoms. The van der Waals surface area contributed by atoms with Gasteiger partial charge in [-0.25, -0.2) is 9.97 Å². The van der Waals surface area contributed by atoms with Gasteiger partial charge >= 0.3 is 0 Å². The smallest absolute Gasteiger partial charge is 0.226 e. The highest BCUT2D eigenvalue weighted by molar-refractivity contribution is 5.95. The fourth-order valence-electron chi connectivity index (χ4n) is 2.68. The number of nitrogens with two attached hydrogens (primary N) is 1. The van der Waals surface area contributed by atoms with Crippen molar-refractivity contribution in [2.24, 2.45) is 10.9 Å². The standard InChI is InChI=1S/C13H21N5O/c1-4-10-6-5-9(3)18(10)13-15-8(2)7-11(16-13)12(14)17-19/h7,9-10,19H,4-6H2,1-3H3,(H2,14,17). The number of aryl methyl sites for hydroxylation is 1. The monoisotopic (exact) mass is 263 g/mol. The maximum atomic E-state index is 8.77. The highest BCUT2D eigenvalue weighted by Gasteiger charge is 2.31. The van der Waals surface area contributed by atoms with E-state index in [1.54, 1.807) is 6.07 Å². The molecule has 19 heavy (non-hydrogen) atoms. The molecule has 0 saturated carbocycles. The number of hydrogen-bond acceptors (Lipinski definition) is 5. The van der Waals surface area contributed by atoms with Crippen LogP contribution in [0, 0.1) is 6.92 Å². The number of aromatic nitrogens is 2. The molecule has 2 heterocycles. The molecule has 3 N–H and O–H groups in total. The van der Waals surface area contributed by atoms with Gasteiger partial charge in [-0.2, -0.15) is 0 Å². The quantitative estimate of drug-likeness (QED) is 0.375. The molecular weight excluding hydrogens is 242 g/mol. The summed E-state index contributed by atoms with van der Waals surface area (Å²) in [6, 6.07) is 2.61. The predicted octanol–water partition coefficient (Wildman–Crippen LogP) is 1.65. The van der Waals surface area contributed by atoms with Gasteiger partial charge in [0, 0.05) is 17.8 Å². The molecule has 1 aliphatic rings. The number of amidine groups is 1. The molecule has 0 aromatic carbocycles.